The second kappa shape index (κ2) is 12.9. The van der Waals surface area contributed by atoms with Crippen LogP contribution in [0.4, 0.5) is 5.69 Å². The van der Waals surface area contributed by atoms with E-state index in [1.165, 1.54) is 16.7 Å². The first-order chi connectivity index (χ1) is 24.2. The van der Waals surface area contributed by atoms with Crippen LogP contribution in [0.25, 0.3) is 40.3 Å². The predicted molar refractivity (Wildman–Crippen MR) is 204 cm³/mol. The number of benzene rings is 2. The number of ether oxygens (including phenoxy) is 1. The van der Waals surface area contributed by atoms with E-state index in [4.69, 9.17) is 4.74 Å². The molecule has 5 aromatic rings. The zero-order chi connectivity index (χ0) is 35.5. The summed E-state index contributed by atoms with van der Waals surface area (Å²) in [6.07, 6.45) is 11.1. The maximum atomic E-state index is 10.9. The smallest absolute Gasteiger partial charge is 0.131 e. The molecule has 0 aliphatic carbocycles. The number of phenols is 1. The number of allylic oxidation sites excluding steroid dienone is 1. The van der Waals surface area contributed by atoms with Gasteiger partial charge in [0.15, 0.2) is 0 Å². The first-order valence-corrected chi connectivity index (χ1v) is 18.1. The number of aromatic amines is 3. The Labute approximate surface area is 293 Å². The van der Waals surface area contributed by atoms with E-state index in [2.05, 4.69) is 86.1 Å². The highest BCUT2D eigenvalue weighted by Crippen LogP contribution is 2.56. The Kier molecular flexibility index (Phi) is 8.73. The van der Waals surface area contributed by atoms with Gasteiger partial charge in [0.05, 0.1) is 18.5 Å². The summed E-state index contributed by atoms with van der Waals surface area (Å²) in [6.45, 7) is 13.3. The number of fused-ring (bicyclic) bond motifs is 10. The third kappa shape index (κ3) is 4.95. The van der Waals surface area contributed by atoms with Gasteiger partial charge in [0, 0.05) is 69.1 Å². The van der Waals surface area contributed by atoms with E-state index in [9.17, 15) is 15.3 Å². The molecule has 5 heterocycles. The zero-order valence-electron chi connectivity index (χ0n) is 30.4. The van der Waals surface area contributed by atoms with Gasteiger partial charge in [-0.3, -0.25) is 0 Å². The monoisotopic (exact) mass is 674 g/mol. The van der Waals surface area contributed by atoms with Crippen molar-refractivity contribution in [2.24, 2.45) is 0 Å². The van der Waals surface area contributed by atoms with Crippen LogP contribution in [0.15, 0.2) is 23.9 Å². The zero-order valence-corrected chi connectivity index (χ0v) is 30.4. The molecule has 8 bridgehead atoms. The first kappa shape index (κ1) is 33.8. The van der Waals surface area contributed by atoms with Crippen LogP contribution in [-0.2, 0) is 31.1 Å². The summed E-state index contributed by atoms with van der Waals surface area (Å²) in [4.78, 5) is 11.4. The number of nitrogens with one attached hydrogen (secondary N) is 4. The lowest BCUT2D eigenvalue weighted by Crippen LogP contribution is -2.24. The van der Waals surface area contributed by atoms with Gasteiger partial charge in [0.1, 0.15) is 11.5 Å². The van der Waals surface area contributed by atoms with Gasteiger partial charge in [0.25, 0.3) is 0 Å². The molecule has 8 nitrogen and oxygen atoms in total. The minimum absolute atomic E-state index is 0.0402. The summed E-state index contributed by atoms with van der Waals surface area (Å²) in [7, 11) is 1.67. The lowest BCUT2D eigenvalue weighted by molar-refractivity contribution is 0.299. The van der Waals surface area contributed by atoms with Gasteiger partial charge in [-0.1, -0.05) is 27.7 Å². The third-order valence-corrected chi connectivity index (χ3v) is 11.6. The number of aliphatic hydroxyl groups excluding tert-OH is 2. The fourth-order valence-corrected chi connectivity index (χ4v) is 8.92. The van der Waals surface area contributed by atoms with Gasteiger partial charge in [-0.2, -0.15) is 0 Å². The maximum absolute atomic E-state index is 10.9. The van der Waals surface area contributed by atoms with E-state index < -0.39 is 0 Å². The SMILES string of the molecule is CCc1c2[nH]c(c1CC)-c1c3c(cc4cc(O)cc(OC)c14)C(CC)(CC)C(=Cc1[nH]c(c(CCO)c1C)C=c1[nH]c(c(C)c1CCO)=C2)N3. The summed E-state index contributed by atoms with van der Waals surface area (Å²) < 4.78 is 6.01. The molecule has 8 heteroatoms. The number of H-pyrrole nitrogens is 3. The molecule has 0 spiro atoms. The molecule has 262 valence electrons. The van der Waals surface area contributed by atoms with E-state index in [1.807, 2.05) is 6.07 Å². The fraction of sp³-hybridized carbons (Fsp3) is 0.381. The molecule has 2 aromatic carbocycles. The van der Waals surface area contributed by atoms with Crippen molar-refractivity contribution in [3.63, 3.8) is 0 Å². The average Bonchev–Trinajstić information content (AvgIpc) is 3.80. The number of rotatable bonds is 9. The first-order valence-electron chi connectivity index (χ1n) is 18.1. The Balaban J connectivity index is 1.72. The number of phenolic OH excluding ortho intramolecular Hbond substituents is 1. The molecule has 0 fully saturated rings. The molecular weight excluding hydrogens is 624 g/mol. The minimum atomic E-state index is -0.315. The summed E-state index contributed by atoms with van der Waals surface area (Å²) in [5.74, 6) is 0.793. The average molecular weight is 675 g/mol. The number of anilines is 1. The molecule has 0 atom stereocenters. The molecule has 0 radical (unpaired) electrons. The van der Waals surface area contributed by atoms with Gasteiger partial charge in [-0.25, -0.2) is 0 Å². The second-order valence-electron chi connectivity index (χ2n) is 13.8. The maximum Gasteiger partial charge on any atom is 0.131 e. The summed E-state index contributed by atoms with van der Waals surface area (Å²) >= 11 is 0. The number of hydrogen-bond donors (Lipinski definition) is 7. The standard InChI is InChI=1S/C42H50N4O4/c1-8-26-27(9-2)40-39-38-24(16-25(49)18-36(38)50-7)17-30-41(39)46-37(42(30,10-3)11-4)21-32-23(6)29(13-15-48)35(44-32)20-34-28(12-14-47)22(5)31(43-34)19-33(26)45-40/h16-21,43-49H,8-15H2,1-7H3. The second-order valence-corrected chi connectivity index (χ2v) is 13.8. The van der Waals surface area contributed by atoms with Crippen molar-refractivity contribution in [1.29, 1.82) is 0 Å². The Morgan fingerprint density at radius 3 is 2.06 bits per heavy atom. The molecule has 0 amide bonds. The van der Waals surface area contributed by atoms with Crippen molar-refractivity contribution in [3.05, 3.63) is 90.6 Å². The largest absolute Gasteiger partial charge is 0.508 e. The molecule has 2 aliphatic rings. The molecule has 3 aromatic heterocycles. The van der Waals surface area contributed by atoms with Crippen LogP contribution in [0, 0.1) is 13.8 Å². The Bertz CT molecular complexity index is 2290. The van der Waals surface area contributed by atoms with Crippen LogP contribution in [0.1, 0.15) is 96.6 Å². The molecule has 7 rings (SSSR count). The van der Waals surface area contributed by atoms with Gasteiger partial charge in [-0.05, 0) is 127 Å². The van der Waals surface area contributed by atoms with E-state index in [0.717, 1.165) is 109 Å². The Morgan fingerprint density at radius 1 is 0.720 bits per heavy atom. The lowest BCUT2D eigenvalue weighted by atomic mass is 9.73. The summed E-state index contributed by atoms with van der Waals surface area (Å²) in [6, 6.07) is 5.81. The number of aromatic nitrogens is 3. The van der Waals surface area contributed by atoms with E-state index >= 15 is 0 Å². The number of hydrogen-bond acceptors (Lipinski definition) is 5. The quantitative estimate of drug-likeness (QED) is 0.0959. The fourth-order valence-electron chi connectivity index (χ4n) is 8.92. The van der Waals surface area contributed by atoms with Gasteiger partial charge < -0.3 is 40.3 Å². The molecule has 0 unspecified atom stereocenters. The van der Waals surface area contributed by atoms with Crippen LogP contribution in [0.3, 0.4) is 0 Å². The molecule has 7 N–H and O–H groups in total. The number of aliphatic hydroxyl groups is 2. The van der Waals surface area contributed by atoms with E-state index in [-0.39, 0.29) is 24.4 Å². The van der Waals surface area contributed by atoms with Gasteiger partial charge in [0.2, 0.25) is 0 Å². The molecular formula is C42H50N4O4. The minimum Gasteiger partial charge on any atom is -0.508 e. The van der Waals surface area contributed by atoms with Crippen LogP contribution >= 0.6 is 0 Å². The van der Waals surface area contributed by atoms with Crippen molar-refractivity contribution in [2.45, 2.75) is 85.5 Å². The van der Waals surface area contributed by atoms with Crippen molar-refractivity contribution in [2.75, 3.05) is 25.6 Å². The van der Waals surface area contributed by atoms with Crippen LogP contribution in [-0.4, -0.2) is 50.6 Å². The highest BCUT2D eigenvalue weighted by atomic mass is 16.5. The number of aromatic hydroxyl groups is 1. The Hall–Kier alpha value is -4.66. The van der Waals surface area contributed by atoms with Crippen molar-refractivity contribution >= 4 is 34.7 Å². The predicted octanol–water partition coefficient (Wildman–Crippen LogP) is 6.51. The van der Waals surface area contributed by atoms with Crippen molar-refractivity contribution in [3.8, 4) is 22.8 Å². The summed E-state index contributed by atoms with van der Waals surface area (Å²) in [5, 5.41) is 39.0. The molecule has 2 aliphatic heterocycles. The van der Waals surface area contributed by atoms with E-state index in [1.54, 1.807) is 13.2 Å². The third-order valence-electron chi connectivity index (χ3n) is 11.6. The highest BCUT2D eigenvalue weighted by Gasteiger charge is 2.43. The van der Waals surface area contributed by atoms with E-state index in [0.29, 0.717) is 18.6 Å². The number of methoxy groups -OCH3 is 1. The van der Waals surface area contributed by atoms with Crippen molar-refractivity contribution < 1.29 is 20.1 Å². The van der Waals surface area contributed by atoms with Gasteiger partial charge >= 0.3 is 0 Å². The van der Waals surface area contributed by atoms with Gasteiger partial charge in [-0.15, -0.1) is 0 Å². The molecule has 0 saturated carbocycles. The van der Waals surface area contributed by atoms with Crippen LogP contribution in [0.2, 0.25) is 0 Å². The van der Waals surface area contributed by atoms with Crippen molar-refractivity contribution in [1.82, 2.24) is 15.0 Å². The molecule has 0 saturated heterocycles. The molecule has 50 heavy (non-hydrogen) atoms. The lowest BCUT2D eigenvalue weighted by Gasteiger charge is -2.29. The Morgan fingerprint density at radius 2 is 1.40 bits per heavy atom. The van der Waals surface area contributed by atoms with Crippen LogP contribution < -0.4 is 20.8 Å². The topological polar surface area (TPSA) is 129 Å². The van der Waals surface area contributed by atoms with Crippen LogP contribution in [0.5, 0.6) is 11.5 Å². The summed E-state index contributed by atoms with van der Waals surface area (Å²) in [5.41, 5.74) is 15.0. The highest BCUT2D eigenvalue weighted by molar-refractivity contribution is 6.10. The normalized spacial score (nSPS) is 14.4.